The smallest absolute Gasteiger partial charge is 0.239 e. The summed E-state index contributed by atoms with van der Waals surface area (Å²) in [5, 5.41) is 3.35. The number of likely N-dealkylation sites (tertiary alicyclic amines) is 1. The maximum atomic E-state index is 12.3. The van der Waals surface area contributed by atoms with E-state index < -0.39 is 0 Å². The summed E-state index contributed by atoms with van der Waals surface area (Å²) in [5.74, 6) is 0.219. The molecular formula is C17H24N2O2. The van der Waals surface area contributed by atoms with Crippen LogP contribution >= 0.6 is 0 Å². The minimum absolute atomic E-state index is 0.0591. The summed E-state index contributed by atoms with van der Waals surface area (Å²) < 4.78 is 5.87. The average molecular weight is 288 g/mol. The SMILES string of the molecule is CC(NCC1OCCc2ccccc21)C(=O)N1CCCC1. The topological polar surface area (TPSA) is 41.6 Å². The maximum absolute atomic E-state index is 12.3. The lowest BCUT2D eigenvalue weighted by molar-refractivity contribution is -0.132. The van der Waals surface area contributed by atoms with E-state index in [0.717, 1.165) is 39.0 Å². The molecule has 1 aromatic rings. The molecular weight excluding hydrogens is 264 g/mol. The molecule has 2 heterocycles. The summed E-state index contributed by atoms with van der Waals surface area (Å²) in [6.45, 7) is 5.23. The zero-order valence-corrected chi connectivity index (χ0v) is 12.7. The third-order valence-electron chi connectivity index (χ3n) is 4.49. The molecule has 1 fully saturated rings. The molecule has 0 spiro atoms. The Hall–Kier alpha value is -1.39. The lowest BCUT2D eigenvalue weighted by atomic mass is 9.97. The molecule has 21 heavy (non-hydrogen) atoms. The molecule has 0 saturated carbocycles. The number of benzene rings is 1. The molecule has 0 aromatic heterocycles. The molecule has 3 rings (SSSR count). The number of carbonyl (C=O) groups is 1. The number of hydrogen-bond acceptors (Lipinski definition) is 3. The molecule has 0 bridgehead atoms. The van der Waals surface area contributed by atoms with E-state index in [4.69, 9.17) is 4.74 Å². The lowest BCUT2D eigenvalue weighted by Crippen LogP contribution is -2.45. The molecule has 0 radical (unpaired) electrons. The van der Waals surface area contributed by atoms with Crippen molar-refractivity contribution in [3.05, 3.63) is 35.4 Å². The van der Waals surface area contributed by atoms with Crippen molar-refractivity contribution < 1.29 is 9.53 Å². The fraction of sp³-hybridized carbons (Fsp3) is 0.588. The normalized spacial score (nSPS) is 22.9. The first kappa shape index (κ1) is 14.5. The van der Waals surface area contributed by atoms with Crippen LogP contribution in [0.1, 0.15) is 37.0 Å². The molecule has 2 atom stereocenters. The van der Waals surface area contributed by atoms with Gasteiger partial charge in [-0.15, -0.1) is 0 Å². The second-order valence-corrected chi connectivity index (χ2v) is 5.97. The number of fused-ring (bicyclic) bond motifs is 1. The Morgan fingerprint density at radius 3 is 2.95 bits per heavy atom. The summed E-state index contributed by atoms with van der Waals surface area (Å²) in [5.41, 5.74) is 2.63. The van der Waals surface area contributed by atoms with E-state index in [-0.39, 0.29) is 18.1 Å². The lowest BCUT2D eigenvalue weighted by Gasteiger charge is -2.28. The average Bonchev–Trinajstić information content (AvgIpc) is 3.06. The number of nitrogens with zero attached hydrogens (tertiary/aromatic N) is 1. The van der Waals surface area contributed by atoms with Crippen molar-refractivity contribution in [2.75, 3.05) is 26.2 Å². The van der Waals surface area contributed by atoms with Gasteiger partial charge in [-0.2, -0.15) is 0 Å². The molecule has 4 heteroatoms. The Balaban J connectivity index is 1.57. The molecule has 114 valence electrons. The maximum Gasteiger partial charge on any atom is 0.239 e. The molecule has 0 aliphatic carbocycles. The first-order valence-corrected chi connectivity index (χ1v) is 7.97. The standard InChI is InChI=1S/C17H24N2O2/c1-13(17(20)19-9-4-5-10-19)18-12-16-15-7-3-2-6-14(15)8-11-21-16/h2-3,6-7,13,16,18H,4-5,8-12H2,1H3. The van der Waals surface area contributed by atoms with Crippen molar-refractivity contribution >= 4 is 5.91 Å². The van der Waals surface area contributed by atoms with Crippen molar-refractivity contribution in [2.24, 2.45) is 0 Å². The molecule has 4 nitrogen and oxygen atoms in total. The van der Waals surface area contributed by atoms with Crippen molar-refractivity contribution in [3.63, 3.8) is 0 Å². The number of ether oxygens (including phenoxy) is 1. The van der Waals surface area contributed by atoms with E-state index in [0.29, 0.717) is 6.54 Å². The first-order chi connectivity index (χ1) is 10.3. The third kappa shape index (κ3) is 3.27. The van der Waals surface area contributed by atoms with Crippen LogP contribution in [-0.2, 0) is 16.0 Å². The van der Waals surface area contributed by atoms with Gasteiger partial charge in [0.15, 0.2) is 0 Å². The number of nitrogens with one attached hydrogen (secondary N) is 1. The van der Waals surface area contributed by atoms with Gasteiger partial charge in [-0.3, -0.25) is 4.79 Å². The van der Waals surface area contributed by atoms with Gasteiger partial charge in [0.1, 0.15) is 0 Å². The van der Waals surface area contributed by atoms with Crippen molar-refractivity contribution in [3.8, 4) is 0 Å². The van der Waals surface area contributed by atoms with Crippen LogP contribution < -0.4 is 5.32 Å². The zero-order valence-electron chi connectivity index (χ0n) is 12.7. The second kappa shape index (κ2) is 6.58. The van der Waals surface area contributed by atoms with Gasteiger partial charge < -0.3 is 15.0 Å². The zero-order chi connectivity index (χ0) is 14.7. The highest BCUT2D eigenvalue weighted by molar-refractivity contribution is 5.81. The van der Waals surface area contributed by atoms with Crippen molar-refractivity contribution in [1.82, 2.24) is 10.2 Å². The van der Waals surface area contributed by atoms with Crippen LogP contribution in [0.2, 0.25) is 0 Å². The van der Waals surface area contributed by atoms with Crippen LogP contribution in [0.15, 0.2) is 24.3 Å². The second-order valence-electron chi connectivity index (χ2n) is 5.97. The van der Waals surface area contributed by atoms with E-state index >= 15 is 0 Å². The molecule has 1 saturated heterocycles. The number of hydrogen-bond donors (Lipinski definition) is 1. The number of amides is 1. The van der Waals surface area contributed by atoms with Gasteiger partial charge in [-0.25, -0.2) is 0 Å². The Labute approximate surface area is 126 Å². The van der Waals surface area contributed by atoms with E-state index in [2.05, 4.69) is 29.6 Å². The Bertz CT molecular complexity index is 497. The molecule has 1 aromatic carbocycles. The van der Waals surface area contributed by atoms with E-state index in [9.17, 15) is 4.79 Å². The summed E-state index contributed by atoms with van der Waals surface area (Å²) in [4.78, 5) is 14.3. The largest absolute Gasteiger partial charge is 0.372 e. The monoisotopic (exact) mass is 288 g/mol. The van der Waals surface area contributed by atoms with Gasteiger partial charge >= 0.3 is 0 Å². The summed E-state index contributed by atoms with van der Waals surface area (Å²) in [6.07, 6.45) is 3.31. The summed E-state index contributed by atoms with van der Waals surface area (Å²) >= 11 is 0. The Morgan fingerprint density at radius 2 is 2.14 bits per heavy atom. The molecule has 1 N–H and O–H groups in total. The summed E-state index contributed by atoms with van der Waals surface area (Å²) in [7, 11) is 0. The van der Waals surface area contributed by atoms with Crippen LogP contribution in [-0.4, -0.2) is 43.1 Å². The minimum Gasteiger partial charge on any atom is -0.372 e. The molecule has 1 amide bonds. The van der Waals surface area contributed by atoms with Gasteiger partial charge in [0.25, 0.3) is 0 Å². The van der Waals surface area contributed by atoms with Crippen LogP contribution in [0.25, 0.3) is 0 Å². The highest BCUT2D eigenvalue weighted by Gasteiger charge is 2.25. The Morgan fingerprint density at radius 1 is 1.38 bits per heavy atom. The Kier molecular flexibility index (Phi) is 4.56. The van der Waals surface area contributed by atoms with Gasteiger partial charge in [0.2, 0.25) is 5.91 Å². The van der Waals surface area contributed by atoms with Crippen LogP contribution in [0.3, 0.4) is 0 Å². The van der Waals surface area contributed by atoms with Crippen molar-refractivity contribution in [1.29, 1.82) is 0 Å². The third-order valence-corrected chi connectivity index (χ3v) is 4.49. The van der Waals surface area contributed by atoms with Gasteiger partial charge in [-0.1, -0.05) is 24.3 Å². The first-order valence-electron chi connectivity index (χ1n) is 7.97. The fourth-order valence-corrected chi connectivity index (χ4v) is 3.23. The number of rotatable bonds is 4. The fourth-order valence-electron chi connectivity index (χ4n) is 3.23. The van der Waals surface area contributed by atoms with Crippen LogP contribution in [0.4, 0.5) is 0 Å². The minimum atomic E-state index is -0.138. The van der Waals surface area contributed by atoms with Gasteiger partial charge in [0, 0.05) is 19.6 Å². The molecule has 2 aliphatic rings. The molecule has 2 aliphatic heterocycles. The van der Waals surface area contributed by atoms with Crippen LogP contribution in [0, 0.1) is 0 Å². The predicted molar refractivity (Wildman–Crippen MR) is 82.1 cm³/mol. The molecule has 2 unspecified atom stereocenters. The summed E-state index contributed by atoms with van der Waals surface area (Å²) in [6, 6.07) is 8.30. The highest BCUT2D eigenvalue weighted by Crippen LogP contribution is 2.26. The predicted octanol–water partition coefficient (Wildman–Crippen LogP) is 1.90. The van der Waals surface area contributed by atoms with Crippen molar-refractivity contribution in [2.45, 2.75) is 38.3 Å². The number of carbonyl (C=O) groups excluding carboxylic acids is 1. The van der Waals surface area contributed by atoms with E-state index in [1.807, 2.05) is 11.8 Å². The van der Waals surface area contributed by atoms with Crippen LogP contribution in [0.5, 0.6) is 0 Å². The quantitative estimate of drug-likeness (QED) is 0.920. The van der Waals surface area contributed by atoms with E-state index in [1.165, 1.54) is 11.1 Å². The van der Waals surface area contributed by atoms with Gasteiger partial charge in [0.05, 0.1) is 18.8 Å². The van der Waals surface area contributed by atoms with Gasteiger partial charge in [-0.05, 0) is 37.3 Å². The highest BCUT2D eigenvalue weighted by atomic mass is 16.5. The van der Waals surface area contributed by atoms with E-state index in [1.54, 1.807) is 0 Å².